The van der Waals surface area contributed by atoms with Gasteiger partial charge in [-0.1, -0.05) is 11.6 Å². The second kappa shape index (κ2) is 3.44. The van der Waals surface area contributed by atoms with E-state index in [-0.39, 0.29) is 0 Å². The largest absolute Gasteiger partial charge is 0.205 e. The van der Waals surface area contributed by atoms with E-state index >= 15 is 0 Å². The number of halogens is 1. The van der Waals surface area contributed by atoms with E-state index in [2.05, 4.69) is 20.6 Å². The Morgan fingerprint density at radius 1 is 1.43 bits per heavy atom. The summed E-state index contributed by atoms with van der Waals surface area (Å²) in [6.07, 6.45) is 0. The molecule has 0 amide bonds. The van der Waals surface area contributed by atoms with E-state index in [4.69, 9.17) is 16.9 Å². The standard InChI is InChI=1S/C8H4ClN5/c9-6-1-2-7(5(3-6)4-10)8-11-13-14-12-8/h1-3H,(H,11,12,13,14). The quantitative estimate of drug-likeness (QED) is 0.763. The lowest BCUT2D eigenvalue weighted by Gasteiger charge is -1.97. The lowest BCUT2D eigenvalue weighted by atomic mass is 10.1. The molecular weight excluding hydrogens is 202 g/mol. The molecule has 1 heterocycles. The molecule has 14 heavy (non-hydrogen) atoms. The van der Waals surface area contributed by atoms with Gasteiger partial charge in [-0.15, -0.1) is 10.2 Å². The highest BCUT2D eigenvalue weighted by Gasteiger charge is 2.08. The maximum Gasteiger partial charge on any atom is 0.205 e. The molecule has 68 valence electrons. The van der Waals surface area contributed by atoms with Gasteiger partial charge in [0.2, 0.25) is 5.82 Å². The topological polar surface area (TPSA) is 78.2 Å². The van der Waals surface area contributed by atoms with Crippen molar-refractivity contribution < 1.29 is 0 Å². The number of nitriles is 1. The summed E-state index contributed by atoms with van der Waals surface area (Å²) in [5.41, 5.74) is 1.05. The Kier molecular flexibility index (Phi) is 2.13. The monoisotopic (exact) mass is 205 g/mol. The number of benzene rings is 1. The Labute approximate surface area is 84.3 Å². The van der Waals surface area contributed by atoms with Crippen LogP contribution in [0.2, 0.25) is 5.02 Å². The highest BCUT2D eigenvalue weighted by atomic mass is 35.5. The van der Waals surface area contributed by atoms with Crippen LogP contribution in [0.1, 0.15) is 5.56 Å². The summed E-state index contributed by atoms with van der Waals surface area (Å²) in [6.45, 7) is 0. The van der Waals surface area contributed by atoms with Gasteiger partial charge < -0.3 is 0 Å². The maximum atomic E-state index is 8.85. The zero-order chi connectivity index (χ0) is 9.97. The first kappa shape index (κ1) is 8.66. The van der Waals surface area contributed by atoms with Crippen LogP contribution in [-0.4, -0.2) is 20.6 Å². The Balaban J connectivity index is 2.60. The predicted molar refractivity (Wildman–Crippen MR) is 49.3 cm³/mol. The average Bonchev–Trinajstić information content (AvgIpc) is 2.70. The molecule has 0 unspecified atom stereocenters. The summed E-state index contributed by atoms with van der Waals surface area (Å²) >= 11 is 5.74. The Morgan fingerprint density at radius 3 is 2.93 bits per heavy atom. The number of nitrogens with zero attached hydrogens (tertiary/aromatic N) is 4. The maximum absolute atomic E-state index is 8.85. The van der Waals surface area contributed by atoms with Gasteiger partial charge in [0.1, 0.15) is 0 Å². The molecule has 0 aliphatic heterocycles. The van der Waals surface area contributed by atoms with E-state index in [9.17, 15) is 0 Å². The van der Waals surface area contributed by atoms with Crippen LogP contribution in [-0.2, 0) is 0 Å². The van der Waals surface area contributed by atoms with Gasteiger partial charge in [0.25, 0.3) is 0 Å². The van der Waals surface area contributed by atoms with E-state index in [1.165, 1.54) is 0 Å². The van der Waals surface area contributed by atoms with Gasteiger partial charge in [0.05, 0.1) is 11.6 Å². The molecule has 6 heteroatoms. The molecule has 0 aliphatic carbocycles. The lowest BCUT2D eigenvalue weighted by Crippen LogP contribution is -1.86. The van der Waals surface area contributed by atoms with Crippen LogP contribution in [0.5, 0.6) is 0 Å². The molecule has 0 radical (unpaired) electrons. The SMILES string of the molecule is N#Cc1cc(Cl)ccc1-c1nn[nH]n1. The van der Waals surface area contributed by atoms with Gasteiger partial charge >= 0.3 is 0 Å². The van der Waals surface area contributed by atoms with Crippen molar-refractivity contribution >= 4 is 11.6 Å². The number of hydrogen-bond acceptors (Lipinski definition) is 4. The van der Waals surface area contributed by atoms with Gasteiger partial charge in [-0.2, -0.15) is 10.5 Å². The van der Waals surface area contributed by atoms with Crippen molar-refractivity contribution in [3.05, 3.63) is 28.8 Å². The summed E-state index contributed by atoms with van der Waals surface area (Å²) in [6, 6.07) is 6.94. The van der Waals surface area contributed by atoms with Crippen LogP contribution in [0, 0.1) is 11.3 Å². The van der Waals surface area contributed by atoms with Crippen molar-refractivity contribution in [2.75, 3.05) is 0 Å². The molecule has 2 aromatic rings. The second-order valence-corrected chi connectivity index (χ2v) is 2.97. The smallest absolute Gasteiger partial charge is 0.192 e. The number of H-pyrrole nitrogens is 1. The number of aromatic amines is 1. The molecule has 5 nitrogen and oxygen atoms in total. The first-order valence-electron chi connectivity index (χ1n) is 3.75. The fourth-order valence-corrected chi connectivity index (χ4v) is 1.25. The van der Waals surface area contributed by atoms with Crippen LogP contribution in [0.15, 0.2) is 18.2 Å². The van der Waals surface area contributed by atoms with Crippen molar-refractivity contribution in [3.8, 4) is 17.5 Å². The van der Waals surface area contributed by atoms with E-state index in [1.54, 1.807) is 18.2 Å². The zero-order valence-electron chi connectivity index (χ0n) is 6.90. The summed E-state index contributed by atoms with van der Waals surface area (Å²) in [5, 5.41) is 22.7. The highest BCUT2D eigenvalue weighted by Crippen LogP contribution is 2.22. The third-order valence-corrected chi connectivity index (χ3v) is 1.92. The minimum atomic E-state index is 0.387. The molecule has 1 aromatic heterocycles. The number of hydrogen-bond donors (Lipinski definition) is 1. The number of tetrazole rings is 1. The van der Waals surface area contributed by atoms with Gasteiger partial charge in [-0.3, -0.25) is 0 Å². The molecule has 0 aliphatic rings. The van der Waals surface area contributed by atoms with Gasteiger partial charge in [-0.05, 0) is 23.4 Å². The molecule has 0 spiro atoms. The molecule has 1 aromatic carbocycles. The fraction of sp³-hybridized carbons (Fsp3) is 0. The van der Waals surface area contributed by atoms with Crippen LogP contribution in [0.4, 0.5) is 0 Å². The van der Waals surface area contributed by atoms with Crippen LogP contribution >= 0.6 is 11.6 Å². The third kappa shape index (κ3) is 1.43. The summed E-state index contributed by atoms with van der Waals surface area (Å²) in [5.74, 6) is 0.387. The van der Waals surface area contributed by atoms with E-state index < -0.39 is 0 Å². The van der Waals surface area contributed by atoms with Crippen LogP contribution in [0.3, 0.4) is 0 Å². The Bertz CT molecular complexity index is 485. The first-order chi connectivity index (χ1) is 6.81. The normalized spacial score (nSPS) is 9.71. The van der Waals surface area contributed by atoms with E-state index in [1.807, 2.05) is 6.07 Å². The average molecular weight is 206 g/mol. The van der Waals surface area contributed by atoms with Gasteiger partial charge in [0.15, 0.2) is 0 Å². The van der Waals surface area contributed by atoms with Gasteiger partial charge in [0, 0.05) is 10.6 Å². The Hall–Kier alpha value is -1.93. The minimum Gasteiger partial charge on any atom is -0.192 e. The zero-order valence-corrected chi connectivity index (χ0v) is 7.65. The van der Waals surface area contributed by atoms with Crippen molar-refractivity contribution in [3.63, 3.8) is 0 Å². The van der Waals surface area contributed by atoms with Crippen molar-refractivity contribution in [2.45, 2.75) is 0 Å². The molecular formula is C8H4ClN5. The van der Waals surface area contributed by atoms with Gasteiger partial charge in [-0.25, -0.2) is 0 Å². The highest BCUT2D eigenvalue weighted by molar-refractivity contribution is 6.30. The van der Waals surface area contributed by atoms with Crippen LogP contribution < -0.4 is 0 Å². The first-order valence-corrected chi connectivity index (χ1v) is 4.12. The molecule has 1 N–H and O–H groups in total. The van der Waals surface area contributed by atoms with Crippen molar-refractivity contribution in [2.24, 2.45) is 0 Å². The minimum absolute atomic E-state index is 0.387. The molecule has 2 rings (SSSR count). The molecule has 0 saturated carbocycles. The molecule has 0 bridgehead atoms. The lowest BCUT2D eigenvalue weighted by molar-refractivity contribution is 0.881. The summed E-state index contributed by atoms with van der Waals surface area (Å²) < 4.78 is 0. The number of aromatic nitrogens is 4. The summed E-state index contributed by atoms with van der Waals surface area (Å²) in [7, 11) is 0. The fourth-order valence-electron chi connectivity index (χ4n) is 1.08. The van der Waals surface area contributed by atoms with Crippen molar-refractivity contribution in [1.29, 1.82) is 5.26 Å². The Morgan fingerprint density at radius 2 is 2.29 bits per heavy atom. The van der Waals surface area contributed by atoms with E-state index in [0.717, 1.165) is 0 Å². The summed E-state index contributed by atoms with van der Waals surface area (Å²) in [4.78, 5) is 0. The predicted octanol–water partition coefficient (Wildman–Crippen LogP) is 1.39. The second-order valence-electron chi connectivity index (χ2n) is 2.54. The molecule has 0 fully saturated rings. The van der Waals surface area contributed by atoms with Crippen LogP contribution in [0.25, 0.3) is 11.4 Å². The number of rotatable bonds is 1. The molecule has 0 atom stereocenters. The van der Waals surface area contributed by atoms with Crippen molar-refractivity contribution in [1.82, 2.24) is 20.6 Å². The number of nitrogens with one attached hydrogen (secondary N) is 1. The third-order valence-electron chi connectivity index (χ3n) is 1.69. The van der Waals surface area contributed by atoms with E-state index in [0.29, 0.717) is 22.0 Å². The molecule has 0 saturated heterocycles.